The molecule has 1 amide bonds. The number of rotatable bonds is 6. The smallest absolute Gasteiger partial charge is 0.397 e. The molecule has 6 heteroatoms. The number of methoxy groups -OCH3 is 1. The second kappa shape index (κ2) is 9.22. The summed E-state index contributed by atoms with van der Waals surface area (Å²) in [7, 11) is 1.22. The highest BCUT2D eigenvalue weighted by molar-refractivity contribution is 6.32. The van der Waals surface area contributed by atoms with E-state index in [1.54, 1.807) is 24.3 Å². The summed E-state index contributed by atoms with van der Waals surface area (Å²) in [5.74, 6) is -2.67. The molecule has 0 aliphatic heterocycles. The zero-order chi connectivity index (χ0) is 18.1. The molecule has 0 saturated carbocycles. The number of carbonyl (C=O) groups is 3. The molecule has 0 aliphatic rings. The van der Waals surface area contributed by atoms with E-state index in [0.717, 1.165) is 11.1 Å². The number of esters is 2. The first-order valence-corrected chi connectivity index (χ1v) is 7.73. The predicted molar refractivity (Wildman–Crippen MR) is 90.3 cm³/mol. The molecule has 2 aromatic carbocycles. The third kappa shape index (κ3) is 5.76. The zero-order valence-corrected chi connectivity index (χ0v) is 13.8. The van der Waals surface area contributed by atoms with Crippen molar-refractivity contribution in [3.05, 3.63) is 71.8 Å². The molecule has 0 aliphatic carbocycles. The van der Waals surface area contributed by atoms with Gasteiger partial charge in [-0.1, -0.05) is 60.7 Å². The molecule has 0 radical (unpaired) electrons. The summed E-state index contributed by atoms with van der Waals surface area (Å²) in [5, 5.41) is 2.36. The van der Waals surface area contributed by atoms with Crippen molar-refractivity contribution in [2.75, 3.05) is 7.11 Å². The van der Waals surface area contributed by atoms with Crippen LogP contribution in [0, 0.1) is 0 Å². The van der Waals surface area contributed by atoms with Gasteiger partial charge in [0.25, 0.3) is 0 Å². The first-order chi connectivity index (χ1) is 12.1. The van der Waals surface area contributed by atoms with Crippen LogP contribution < -0.4 is 5.32 Å². The van der Waals surface area contributed by atoms with E-state index in [-0.39, 0.29) is 13.0 Å². The number of carbonyl (C=O) groups excluding carboxylic acids is 3. The Labute approximate surface area is 145 Å². The van der Waals surface area contributed by atoms with E-state index in [9.17, 15) is 14.4 Å². The Kier molecular flexibility index (Phi) is 6.71. The van der Waals surface area contributed by atoms with Crippen molar-refractivity contribution in [3.8, 4) is 0 Å². The summed E-state index contributed by atoms with van der Waals surface area (Å²) in [6, 6.07) is 17.1. The lowest BCUT2D eigenvalue weighted by Gasteiger charge is -2.16. The van der Waals surface area contributed by atoms with Gasteiger partial charge in [0, 0.05) is 6.42 Å². The quantitative estimate of drug-likeness (QED) is 0.638. The number of benzene rings is 2. The topological polar surface area (TPSA) is 81.7 Å². The zero-order valence-electron chi connectivity index (χ0n) is 13.8. The number of nitrogens with one attached hydrogen (secondary N) is 1. The molecule has 0 aromatic heterocycles. The fourth-order valence-corrected chi connectivity index (χ4v) is 2.19. The summed E-state index contributed by atoms with van der Waals surface area (Å²) in [5.41, 5.74) is 1.59. The van der Waals surface area contributed by atoms with Crippen LogP contribution in [0.5, 0.6) is 0 Å². The molecule has 130 valence electrons. The Hall–Kier alpha value is -3.15. The van der Waals surface area contributed by atoms with Crippen molar-refractivity contribution in [1.29, 1.82) is 0 Å². The van der Waals surface area contributed by atoms with Crippen molar-refractivity contribution in [1.82, 2.24) is 5.32 Å². The highest BCUT2D eigenvalue weighted by atomic mass is 16.5. The SMILES string of the molecule is COC(=O)[C@H](Cc1ccccc1)NC(=O)C(=O)OCc1ccccc1. The molecule has 2 aromatic rings. The van der Waals surface area contributed by atoms with Gasteiger partial charge in [-0.25, -0.2) is 9.59 Å². The molecule has 0 bridgehead atoms. The van der Waals surface area contributed by atoms with Crippen LogP contribution in [0.3, 0.4) is 0 Å². The van der Waals surface area contributed by atoms with E-state index in [4.69, 9.17) is 4.74 Å². The van der Waals surface area contributed by atoms with Gasteiger partial charge in [0.2, 0.25) is 0 Å². The van der Waals surface area contributed by atoms with Crippen molar-refractivity contribution in [3.63, 3.8) is 0 Å². The van der Waals surface area contributed by atoms with Gasteiger partial charge in [-0.15, -0.1) is 0 Å². The van der Waals surface area contributed by atoms with Crippen molar-refractivity contribution in [2.45, 2.75) is 19.1 Å². The first-order valence-electron chi connectivity index (χ1n) is 7.73. The summed E-state index contributed by atoms with van der Waals surface area (Å²) < 4.78 is 9.64. The molecule has 0 spiro atoms. The van der Waals surface area contributed by atoms with Crippen LogP contribution in [0.1, 0.15) is 11.1 Å². The highest BCUT2D eigenvalue weighted by Crippen LogP contribution is 2.05. The molecule has 0 fully saturated rings. The van der Waals surface area contributed by atoms with E-state index in [2.05, 4.69) is 10.1 Å². The molecule has 0 saturated heterocycles. The fraction of sp³-hybridized carbons (Fsp3) is 0.211. The van der Waals surface area contributed by atoms with Gasteiger partial charge < -0.3 is 14.8 Å². The predicted octanol–water partition coefficient (Wildman–Crippen LogP) is 1.63. The standard InChI is InChI=1S/C19H19NO5/c1-24-18(22)16(12-14-8-4-2-5-9-14)20-17(21)19(23)25-13-15-10-6-3-7-11-15/h2-11,16H,12-13H2,1H3,(H,20,21)/t16-/m0/s1. The monoisotopic (exact) mass is 341 g/mol. The second-order valence-electron chi connectivity index (χ2n) is 5.30. The average molecular weight is 341 g/mol. The third-order valence-corrected chi connectivity index (χ3v) is 3.47. The Bertz CT molecular complexity index is 715. The third-order valence-electron chi connectivity index (χ3n) is 3.47. The number of ether oxygens (including phenoxy) is 2. The number of hydrogen-bond donors (Lipinski definition) is 1. The second-order valence-corrected chi connectivity index (χ2v) is 5.30. The molecular weight excluding hydrogens is 322 g/mol. The Balaban J connectivity index is 1.93. The number of amides is 1. The van der Waals surface area contributed by atoms with Crippen molar-refractivity contribution < 1.29 is 23.9 Å². The van der Waals surface area contributed by atoms with Crippen LogP contribution in [0.25, 0.3) is 0 Å². The maximum absolute atomic E-state index is 12.0. The van der Waals surface area contributed by atoms with E-state index in [0.29, 0.717) is 0 Å². The van der Waals surface area contributed by atoms with Crippen LogP contribution in [0.4, 0.5) is 0 Å². The van der Waals surface area contributed by atoms with Gasteiger partial charge in [0.15, 0.2) is 0 Å². The van der Waals surface area contributed by atoms with Gasteiger partial charge in [0.05, 0.1) is 7.11 Å². The number of hydrogen-bond acceptors (Lipinski definition) is 5. The first kappa shape index (κ1) is 18.2. The summed E-state index contributed by atoms with van der Waals surface area (Å²) in [4.78, 5) is 35.7. The lowest BCUT2D eigenvalue weighted by Crippen LogP contribution is -2.46. The van der Waals surface area contributed by atoms with E-state index in [1.165, 1.54) is 7.11 Å². The maximum Gasteiger partial charge on any atom is 0.397 e. The van der Waals surface area contributed by atoms with Crippen molar-refractivity contribution >= 4 is 17.8 Å². The van der Waals surface area contributed by atoms with Crippen LogP contribution in [-0.4, -0.2) is 31.0 Å². The average Bonchev–Trinajstić information content (AvgIpc) is 2.66. The van der Waals surface area contributed by atoms with E-state index in [1.807, 2.05) is 36.4 Å². The lowest BCUT2D eigenvalue weighted by atomic mass is 10.1. The maximum atomic E-state index is 12.0. The molecular formula is C19H19NO5. The van der Waals surface area contributed by atoms with E-state index >= 15 is 0 Å². The summed E-state index contributed by atoms with van der Waals surface area (Å²) >= 11 is 0. The molecule has 1 N–H and O–H groups in total. The molecule has 6 nitrogen and oxygen atoms in total. The largest absolute Gasteiger partial charge is 0.467 e. The summed E-state index contributed by atoms with van der Waals surface area (Å²) in [6.07, 6.45) is 0.214. The minimum atomic E-state index is -1.05. The van der Waals surface area contributed by atoms with Gasteiger partial charge in [-0.05, 0) is 11.1 Å². The Morgan fingerprint density at radius 2 is 1.48 bits per heavy atom. The minimum Gasteiger partial charge on any atom is -0.467 e. The van der Waals surface area contributed by atoms with Gasteiger partial charge in [0.1, 0.15) is 12.6 Å². The molecule has 1 atom stereocenters. The molecule has 2 rings (SSSR count). The molecule has 0 heterocycles. The lowest BCUT2D eigenvalue weighted by molar-refractivity contribution is -0.157. The van der Waals surface area contributed by atoms with Gasteiger partial charge in [-0.2, -0.15) is 0 Å². The van der Waals surface area contributed by atoms with Gasteiger partial charge >= 0.3 is 17.8 Å². The Morgan fingerprint density at radius 1 is 0.920 bits per heavy atom. The molecule has 0 unspecified atom stereocenters. The van der Waals surface area contributed by atoms with Gasteiger partial charge in [-0.3, -0.25) is 4.79 Å². The normalized spacial score (nSPS) is 11.2. The van der Waals surface area contributed by atoms with Crippen molar-refractivity contribution in [2.24, 2.45) is 0 Å². The van der Waals surface area contributed by atoms with Crippen LogP contribution >= 0.6 is 0 Å². The fourth-order valence-electron chi connectivity index (χ4n) is 2.19. The van der Waals surface area contributed by atoms with E-state index < -0.39 is 23.9 Å². The van der Waals surface area contributed by atoms with Crippen LogP contribution in [-0.2, 0) is 36.9 Å². The molecule has 25 heavy (non-hydrogen) atoms. The van der Waals surface area contributed by atoms with Crippen LogP contribution in [0.2, 0.25) is 0 Å². The highest BCUT2D eigenvalue weighted by Gasteiger charge is 2.26. The Morgan fingerprint density at radius 3 is 2.04 bits per heavy atom. The van der Waals surface area contributed by atoms with Crippen LogP contribution in [0.15, 0.2) is 60.7 Å². The minimum absolute atomic E-state index is 0.0192. The summed E-state index contributed by atoms with van der Waals surface area (Å²) in [6.45, 7) is -0.0192.